The molecule has 4 rings (SSSR count). The van der Waals surface area contributed by atoms with E-state index in [1.165, 1.54) is 65.4 Å². The fourth-order valence-corrected chi connectivity index (χ4v) is 4.50. The maximum atomic E-state index is 11.2. The standard InChI is InChI=1S/C9H12O3.C9H14O2.2C8H12.6CH3.2Co/c1-6(10)7-4-3-5-8(7)9(11)12-2;10-7-3-6-9(11)8-4-1-2-5-8;2*1-2-4-6-8-7-5-3-1;;;;;;;;/h3,5,7-8H,4H2,1-2H3;1,4,8,10H,2-3,5-7H2;2*1-2,7-8H,3-6H2;6*1H3;;/q;;;;6*-1;2*+3/b;;2*2-1-,8-7?;;;;;;;;/t7?,8-;8-;;;;;;;;;;/m00........../s1. The molecule has 7 heteroatoms. The molecule has 1 N–H and O–H groups in total. The van der Waals surface area contributed by atoms with Gasteiger partial charge in [-0.1, -0.05) is 72.9 Å². The van der Waals surface area contributed by atoms with Crippen molar-refractivity contribution in [2.45, 2.75) is 90.4 Å². The Morgan fingerprint density at radius 3 is 1.34 bits per heavy atom. The van der Waals surface area contributed by atoms with Gasteiger partial charge in [0.2, 0.25) is 0 Å². The van der Waals surface area contributed by atoms with E-state index in [1.807, 2.05) is 12.2 Å². The van der Waals surface area contributed by atoms with Gasteiger partial charge in [0.25, 0.3) is 0 Å². The van der Waals surface area contributed by atoms with Crippen molar-refractivity contribution in [2.75, 3.05) is 13.7 Å². The normalized spacial score (nSPS) is 20.4. The molecule has 5 nitrogen and oxygen atoms in total. The summed E-state index contributed by atoms with van der Waals surface area (Å²) in [5, 5.41) is 8.49. The third-order valence-corrected chi connectivity index (χ3v) is 6.84. The molecule has 0 saturated carbocycles. The van der Waals surface area contributed by atoms with Crippen LogP contribution in [0.5, 0.6) is 0 Å². The SMILES string of the molecule is C1=CCC/C=C\CC1.C1=CCC/C=C\CC1.COC(=O)[C@H]1C=CCC1C(C)=O.O=C(CCCO)[C@H]1C=CCC1.[CH3-].[CH3-].[CH3-].[CH3-].[CH3-].[CH3-].[Co+3].[Co+3]. The van der Waals surface area contributed by atoms with Gasteiger partial charge in [-0.15, -0.1) is 0 Å². The first-order valence-corrected chi connectivity index (χ1v) is 14.7. The van der Waals surface area contributed by atoms with Crippen molar-refractivity contribution >= 4 is 17.5 Å². The molecule has 3 atom stereocenters. The molecule has 0 aromatic rings. The Hall–Kier alpha value is -1.78. The van der Waals surface area contributed by atoms with Crippen molar-refractivity contribution < 1.29 is 57.8 Å². The van der Waals surface area contributed by atoms with Crippen LogP contribution in [0.15, 0.2) is 72.9 Å². The molecule has 47 heavy (non-hydrogen) atoms. The molecule has 4 aliphatic rings. The fraction of sp³-hybridized carbons (Fsp3) is 0.475. The van der Waals surface area contributed by atoms with Crippen LogP contribution in [0.2, 0.25) is 0 Å². The first-order valence-electron chi connectivity index (χ1n) is 14.7. The number of carbonyl (C=O) groups excluding carboxylic acids is 3. The summed E-state index contributed by atoms with van der Waals surface area (Å²) in [6, 6.07) is 0. The van der Waals surface area contributed by atoms with E-state index >= 15 is 0 Å². The van der Waals surface area contributed by atoms with Crippen LogP contribution < -0.4 is 0 Å². The minimum absolute atomic E-state index is 0. The summed E-state index contributed by atoms with van der Waals surface area (Å²) in [7, 11) is 1.34. The number of ketones is 2. The number of ether oxygens (including phenoxy) is 1. The van der Waals surface area contributed by atoms with Gasteiger partial charge in [-0.2, -0.15) is 0 Å². The van der Waals surface area contributed by atoms with Gasteiger partial charge in [0.15, 0.2) is 0 Å². The van der Waals surface area contributed by atoms with Crippen molar-refractivity contribution in [1.29, 1.82) is 0 Å². The Labute approximate surface area is 313 Å². The fourth-order valence-electron chi connectivity index (χ4n) is 4.50. The minimum Gasteiger partial charge on any atom is -0.469 e. The molecule has 0 saturated heterocycles. The predicted molar refractivity (Wildman–Crippen MR) is 199 cm³/mol. The van der Waals surface area contributed by atoms with Crippen LogP contribution in [0, 0.1) is 62.3 Å². The van der Waals surface area contributed by atoms with Crippen LogP contribution in [0.3, 0.4) is 0 Å². The summed E-state index contributed by atoms with van der Waals surface area (Å²) in [6.45, 7) is 1.63. The van der Waals surface area contributed by atoms with Crippen molar-refractivity contribution in [3.8, 4) is 0 Å². The van der Waals surface area contributed by atoms with Gasteiger partial charge in [-0.3, -0.25) is 14.4 Å². The second kappa shape index (κ2) is 44.2. The third kappa shape index (κ3) is 32.5. The predicted octanol–water partition coefficient (Wildman–Crippen LogP) is 10.3. The number of aliphatic hydroxyl groups excluding tert-OH is 1. The van der Waals surface area contributed by atoms with Gasteiger partial charge < -0.3 is 54.4 Å². The van der Waals surface area contributed by atoms with E-state index in [0.717, 1.165) is 12.8 Å². The average Bonchev–Trinajstić information content (AvgIpc) is 3.60. The maximum Gasteiger partial charge on any atom is 3.00 e. The monoisotopic (exact) mass is 746 g/mol. The van der Waals surface area contributed by atoms with E-state index in [1.54, 1.807) is 6.08 Å². The molecular weight excluding hydrogens is 678 g/mol. The average molecular weight is 747 g/mol. The summed E-state index contributed by atoms with van der Waals surface area (Å²) in [6.07, 6.45) is 39.5. The summed E-state index contributed by atoms with van der Waals surface area (Å²) < 4.78 is 4.57. The van der Waals surface area contributed by atoms with Crippen LogP contribution in [0.1, 0.15) is 90.4 Å². The minimum atomic E-state index is -0.354. The molecular formula is C40H68Co2O5. The summed E-state index contributed by atoms with van der Waals surface area (Å²) in [5.41, 5.74) is 0. The Kier molecular flexibility index (Phi) is 60.1. The summed E-state index contributed by atoms with van der Waals surface area (Å²) in [4.78, 5) is 33.4. The quantitative estimate of drug-likeness (QED) is 0.166. The number of carbonyl (C=O) groups is 3. The molecule has 4 aliphatic carbocycles. The number of methoxy groups -OCH3 is 1. The zero-order chi connectivity index (χ0) is 28.6. The summed E-state index contributed by atoms with van der Waals surface area (Å²) >= 11 is 0. The molecule has 1 unspecified atom stereocenters. The first kappa shape index (κ1) is 63.8. The van der Waals surface area contributed by atoms with Crippen LogP contribution in [-0.4, -0.2) is 36.4 Å². The van der Waals surface area contributed by atoms with E-state index in [0.29, 0.717) is 19.3 Å². The number of aliphatic hydroxyl groups is 1. The van der Waals surface area contributed by atoms with Gasteiger partial charge in [0, 0.05) is 24.9 Å². The molecule has 0 bridgehead atoms. The molecule has 0 amide bonds. The first-order chi connectivity index (χ1) is 19.0. The Morgan fingerprint density at radius 2 is 1.04 bits per heavy atom. The molecule has 0 heterocycles. The Balaban J connectivity index is -0.0000000688. The van der Waals surface area contributed by atoms with Gasteiger partial charge >= 0.3 is 39.5 Å². The molecule has 0 spiro atoms. The molecule has 0 aliphatic heterocycles. The van der Waals surface area contributed by atoms with E-state index in [2.05, 4.69) is 59.4 Å². The number of allylic oxidation sites excluding steroid dienone is 11. The second-order valence-electron chi connectivity index (χ2n) is 10.0. The maximum absolute atomic E-state index is 11.2. The number of esters is 1. The second-order valence-corrected chi connectivity index (χ2v) is 10.0. The Bertz CT molecular complexity index is 807. The van der Waals surface area contributed by atoms with Crippen molar-refractivity contribution in [2.24, 2.45) is 17.8 Å². The molecule has 0 radical (unpaired) electrons. The third-order valence-electron chi connectivity index (χ3n) is 6.84. The molecule has 276 valence electrons. The van der Waals surface area contributed by atoms with Gasteiger partial charge in [-0.05, 0) is 84.0 Å². The molecule has 0 aromatic carbocycles. The zero-order valence-electron chi connectivity index (χ0n) is 30.8. The smallest absolute Gasteiger partial charge is 0.469 e. The Morgan fingerprint density at radius 1 is 0.638 bits per heavy atom. The molecule has 0 aromatic heterocycles. The summed E-state index contributed by atoms with van der Waals surface area (Å²) in [5.74, 6) is -0.376. The number of hydrogen-bond acceptors (Lipinski definition) is 5. The topological polar surface area (TPSA) is 80.7 Å². The van der Waals surface area contributed by atoms with E-state index < -0.39 is 0 Å². The van der Waals surface area contributed by atoms with Crippen LogP contribution in [-0.2, 0) is 52.7 Å². The van der Waals surface area contributed by atoms with E-state index in [9.17, 15) is 14.4 Å². The van der Waals surface area contributed by atoms with Gasteiger partial charge in [-0.25, -0.2) is 0 Å². The van der Waals surface area contributed by atoms with Crippen molar-refractivity contribution in [1.82, 2.24) is 0 Å². The van der Waals surface area contributed by atoms with E-state index in [4.69, 9.17) is 5.11 Å². The van der Waals surface area contributed by atoms with Gasteiger partial charge in [0.1, 0.15) is 11.6 Å². The zero-order valence-corrected chi connectivity index (χ0v) is 32.9. The largest absolute Gasteiger partial charge is 3.00 e. The number of rotatable bonds is 6. The van der Waals surface area contributed by atoms with Crippen LogP contribution in [0.4, 0.5) is 0 Å². The van der Waals surface area contributed by atoms with Crippen molar-refractivity contribution in [3.05, 3.63) is 117 Å². The number of Topliss-reactive ketones (excluding diaryl/α,β-unsaturated/α-hetero) is 2. The van der Waals surface area contributed by atoms with Crippen LogP contribution in [0.25, 0.3) is 0 Å². The van der Waals surface area contributed by atoms with Gasteiger partial charge in [0.05, 0.1) is 13.0 Å². The van der Waals surface area contributed by atoms with Crippen molar-refractivity contribution in [3.63, 3.8) is 0 Å². The van der Waals surface area contributed by atoms with E-state index in [-0.39, 0.29) is 120 Å². The number of hydrogen-bond donors (Lipinski definition) is 1. The van der Waals surface area contributed by atoms with Crippen LogP contribution >= 0.6 is 0 Å². The molecule has 0 fully saturated rings.